The maximum atomic E-state index is 11.7. The summed E-state index contributed by atoms with van der Waals surface area (Å²) in [5, 5.41) is 2.83. The van der Waals surface area contributed by atoms with Crippen molar-refractivity contribution in [2.75, 3.05) is 6.54 Å². The van der Waals surface area contributed by atoms with Gasteiger partial charge in [-0.25, -0.2) is 0 Å². The summed E-state index contributed by atoms with van der Waals surface area (Å²) < 4.78 is 12.3. The number of H-pyrrole nitrogens is 1. The number of nitrogens with one attached hydrogen (secondary N) is 2. The summed E-state index contributed by atoms with van der Waals surface area (Å²) >= 11 is 0. The van der Waals surface area contributed by atoms with E-state index in [2.05, 4.69) is 64.0 Å². The van der Waals surface area contributed by atoms with Gasteiger partial charge in [-0.1, -0.05) is 108 Å². The number of amides is 1. The van der Waals surface area contributed by atoms with Crippen molar-refractivity contribution in [2.45, 2.75) is 58.8 Å². The number of pyridine rings is 1. The van der Waals surface area contributed by atoms with Crippen molar-refractivity contribution < 1.29 is 13.6 Å². The fraction of sp³-hybridized carbons (Fsp3) is 0.263. The van der Waals surface area contributed by atoms with Crippen molar-refractivity contribution in [2.24, 2.45) is 0 Å². The van der Waals surface area contributed by atoms with Crippen LogP contribution < -0.4 is 10.9 Å². The highest BCUT2D eigenvalue weighted by Crippen LogP contribution is 2.39. The van der Waals surface area contributed by atoms with E-state index in [4.69, 9.17) is 8.83 Å². The Balaban J connectivity index is 0.000000175. The SMILES string of the molecule is CC(C)(C)c1cc(-c2cc[nH]c(=O)c2)c(-c2ccccc2)o1.CC(C)(C)c1cc(C2=CCNC(=O)C2)c(-c2ccccc2)o1. The van der Waals surface area contributed by atoms with Crippen LogP contribution in [0.25, 0.3) is 39.3 Å². The van der Waals surface area contributed by atoms with Gasteiger partial charge in [-0.15, -0.1) is 0 Å². The molecule has 0 saturated heterocycles. The van der Waals surface area contributed by atoms with E-state index in [0.29, 0.717) is 13.0 Å². The zero-order valence-electron chi connectivity index (χ0n) is 26.3. The van der Waals surface area contributed by atoms with Gasteiger partial charge in [0.25, 0.3) is 0 Å². The Bertz CT molecular complexity index is 1830. The third-order valence-corrected chi connectivity index (χ3v) is 7.45. The van der Waals surface area contributed by atoms with E-state index in [-0.39, 0.29) is 22.3 Å². The summed E-state index contributed by atoms with van der Waals surface area (Å²) in [6, 6.07) is 27.7. The van der Waals surface area contributed by atoms with E-state index in [1.165, 1.54) is 0 Å². The number of carbonyl (C=O) groups is 1. The molecule has 0 aliphatic carbocycles. The summed E-state index contributed by atoms with van der Waals surface area (Å²) in [7, 11) is 0. The van der Waals surface area contributed by atoms with E-state index in [1.54, 1.807) is 12.3 Å². The second kappa shape index (κ2) is 12.4. The first-order valence-corrected chi connectivity index (χ1v) is 14.9. The van der Waals surface area contributed by atoms with E-state index >= 15 is 0 Å². The van der Waals surface area contributed by atoms with Crippen LogP contribution in [0.1, 0.15) is 65.0 Å². The molecule has 44 heavy (non-hydrogen) atoms. The van der Waals surface area contributed by atoms with Gasteiger partial charge in [0.05, 0.1) is 6.42 Å². The first-order chi connectivity index (χ1) is 20.9. The molecule has 6 heteroatoms. The number of hydrogen-bond acceptors (Lipinski definition) is 4. The molecule has 1 amide bonds. The molecular formula is C38H40N2O4. The van der Waals surface area contributed by atoms with E-state index < -0.39 is 0 Å². The lowest BCUT2D eigenvalue weighted by Crippen LogP contribution is -2.27. The minimum Gasteiger partial charge on any atom is -0.460 e. The number of rotatable bonds is 4. The molecule has 1 aliphatic heterocycles. The first kappa shape index (κ1) is 30.6. The molecule has 226 valence electrons. The van der Waals surface area contributed by atoms with Gasteiger partial charge >= 0.3 is 0 Å². The molecule has 3 aromatic heterocycles. The van der Waals surface area contributed by atoms with E-state index in [1.807, 2.05) is 72.8 Å². The minimum absolute atomic E-state index is 0.0648. The lowest BCUT2D eigenvalue weighted by molar-refractivity contribution is -0.120. The predicted octanol–water partition coefficient (Wildman–Crippen LogP) is 8.75. The lowest BCUT2D eigenvalue weighted by atomic mass is 9.91. The van der Waals surface area contributed by atoms with E-state index in [0.717, 1.165) is 56.4 Å². The summed E-state index contributed by atoms with van der Waals surface area (Å²) in [5.74, 6) is 3.56. The molecule has 0 atom stereocenters. The van der Waals surface area contributed by atoms with Crippen LogP contribution in [0, 0.1) is 0 Å². The van der Waals surface area contributed by atoms with Gasteiger partial charge in [0, 0.05) is 51.9 Å². The highest BCUT2D eigenvalue weighted by atomic mass is 16.3. The second-order valence-electron chi connectivity index (χ2n) is 13.1. The Morgan fingerprint density at radius 1 is 0.636 bits per heavy atom. The van der Waals surface area contributed by atoms with Gasteiger partial charge in [-0.2, -0.15) is 0 Å². The molecule has 2 N–H and O–H groups in total. The molecule has 0 spiro atoms. The fourth-order valence-electron chi connectivity index (χ4n) is 5.00. The normalized spacial score (nSPS) is 13.5. The van der Waals surface area contributed by atoms with Crippen LogP contribution in [0.4, 0.5) is 0 Å². The van der Waals surface area contributed by atoms with Crippen molar-refractivity contribution >= 4 is 11.5 Å². The van der Waals surface area contributed by atoms with Crippen molar-refractivity contribution in [1.29, 1.82) is 0 Å². The molecule has 0 radical (unpaired) electrons. The Morgan fingerprint density at radius 3 is 1.66 bits per heavy atom. The largest absolute Gasteiger partial charge is 0.460 e. The van der Waals surface area contributed by atoms with Gasteiger partial charge in [0.2, 0.25) is 11.5 Å². The van der Waals surface area contributed by atoms with Crippen LogP contribution in [0.2, 0.25) is 0 Å². The van der Waals surface area contributed by atoms with Crippen molar-refractivity contribution in [1.82, 2.24) is 10.3 Å². The predicted molar refractivity (Wildman–Crippen MR) is 177 cm³/mol. The number of aromatic nitrogens is 1. The van der Waals surface area contributed by atoms with Crippen molar-refractivity contribution in [3.63, 3.8) is 0 Å². The third kappa shape index (κ3) is 7.03. The average Bonchev–Trinajstić information content (AvgIpc) is 3.65. The van der Waals surface area contributed by atoms with Gasteiger partial charge in [0.1, 0.15) is 23.0 Å². The van der Waals surface area contributed by atoms with Gasteiger partial charge in [-0.05, 0) is 29.3 Å². The molecule has 4 heterocycles. The highest BCUT2D eigenvalue weighted by molar-refractivity contribution is 5.93. The molecule has 6 rings (SSSR count). The first-order valence-electron chi connectivity index (χ1n) is 14.9. The summed E-state index contributed by atoms with van der Waals surface area (Å²) in [6.07, 6.45) is 4.14. The number of benzene rings is 2. The highest BCUT2D eigenvalue weighted by Gasteiger charge is 2.26. The minimum atomic E-state index is -0.116. The van der Waals surface area contributed by atoms with Gasteiger partial charge in [0.15, 0.2) is 0 Å². The molecule has 0 saturated carbocycles. The van der Waals surface area contributed by atoms with Gasteiger partial charge < -0.3 is 19.1 Å². The van der Waals surface area contributed by atoms with Crippen LogP contribution in [-0.2, 0) is 15.6 Å². The van der Waals surface area contributed by atoms with Gasteiger partial charge in [-0.3, -0.25) is 9.59 Å². The molecule has 0 bridgehead atoms. The molecular weight excluding hydrogens is 548 g/mol. The lowest BCUT2D eigenvalue weighted by Gasteiger charge is -2.14. The van der Waals surface area contributed by atoms with E-state index in [9.17, 15) is 9.59 Å². The molecule has 5 aromatic rings. The molecule has 0 fully saturated rings. The Kier molecular flexibility index (Phi) is 8.63. The number of hydrogen-bond donors (Lipinski definition) is 2. The monoisotopic (exact) mass is 588 g/mol. The standard InChI is InChI=1S/C19H21NO2.C19H19NO2/c2*1-19(2,3)16-12-15(14-9-10-20-17(21)11-14)18(22-16)13-7-5-4-6-8-13/h4-9,12H,10-11H2,1-3H3,(H,20,21);4-12H,1-3H3,(H,20,21). The summed E-state index contributed by atoms with van der Waals surface area (Å²) in [6.45, 7) is 13.3. The van der Waals surface area contributed by atoms with Crippen LogP contribution in [0.3, 0.4) is 0 Å². The maximum absolute atomic E-state index is 11.7. The number of aromatic amines is 1. The average molecular weight is 589 g/mol. The van der Waals surface area contributed by atoms with Crippen molar-refractivity contribution in [3.8, 4) is 33.8 Å². The smallest absolute Gasteiger partial charge is 0.248 e. The zero-order chi connectivity index (χ0) is 31.5. The van der Waals surface area contributed by atoms with Crippen LogP contribution in [-0.4, -0.2) is 17.4 Å². The molecule has 1 aliphatic rings. The molecule has 2 aromatic carbocycles. The fourth-order valence-corrected chi connectivity index (χ4v) is 5.00. The summed E-state index contributed by atoms with van der Waals surface area (Å²) in [5.41, 5.74) is 5.66. The number of furan rings is 2. The Hall–Kier alpha value is -4.84. The van der Waals surface area contributed by atoms with Crippen molar-refractivity contribution in [3.05, 3.63) is 125 Å². The third-order valence-electron chi connectivity index (χ3n) is 7.45. The Labute approximate surface area is 258 Å². The quantitative estimate of drug-likeness (QED) is 0.220. The van der Waals surface area contributed by atoms with Crippen LogP contribution >= 0.6 is 0 Å². The number of carbonyl (C=O) groups excluding carboxylic acids is 1. The van der Waals surface area contributed by atoms with Crippen LogP contribution in [0.15, 0.2) is 111 Å². The second-order valence-corrected chi connectivity index (χ2v) is 13.1. The topological polar surface area (TPSA) is 88.2 Å². The summed E-state index contributed by atoms with van der Waals surface area (Å²) in [4.78, 5) is 26.0. The maximum Gasteiger partial charge on any atom is 0.248 e. The zero-order valence-corrected chi connectivity index (χ0v) is 26.3. The Morgan fingerprint density at radius 2 is 1.16 bits per heavy atom. The van der Waals surface area contributed by atoms with Crippen LogP contribution in [0.5, 0.6) is 0 Å². The molecule has 0 unspecified atom stereocenters. The molecule has 6 nitrogen and oxygen atoms in total.